The van der Waals surface area contributed by atoms with E-state index in [2.05, 4.69) is 42.9 Å². The highest BCUT2D eigenvalue weighted by Crippen LogP contribution is 2.06. The van der Waals surface area contributed by atoms with Gasteiger partial charge in [-0.2, -0.15) is 0 Å². The van der Waals surface area contributed by atoms with E-state index in [0.29, 0.717) is 12.1 Å². The number of hydrogen-bond donors (Lipinski definition) is 1. The molecule has 3 heteroatoms. The summed E-state index contributed by atoms with van der Waals surface area (Å²) >= 11 is 0. The molecule has 0 bridgehead atoms. The van der Waals surface area contributed by atoms with Crippen LogP contribution in [0.2, 0.25) is 0 Å². The zero-order valence-electron chi connectivity index (χ0n) is 11.5. The van der Waals surface area contributed by atoms with Crippen molar-refractivity contribution in [2.45, 2.75) is 45.7 Å². The largest absolute Gasteiger partial charge is 0.313 e. The zero-order chi connectivity index (χ0) is 12.0. The molecule has 0 aromatic rings. The fourth-order valence-electron chi connectivity index (χ4n) is 2.50. The molecule has 1 unspecified atom stereocenters. The number of nitrogens with zero attached hydrogens (tertiary/aromatic N) is 2. The average molecular weight is 227 g/mol. The highest BCUT2D eigenvalue weighted by Gasteiger charge is 2.20. The van der Waals surface area contributed by atoms with Crippen molar-refractivity contribution in [1.29, 1.82) is 0 Å². The van der Waals surface area contributed by atoms with Crippen LogP contribution in [0.5, 0.6) is 0 Å². The van der Waals surface area contributed by atoms with Crippen LogP contribution in [0.4, 0.5) is 0 Å². The van der Waals surface area contributed by atoms with Crippen LogP contribution in [0.25, 0.3) is 0 Å². The molecule has 1 saturated heterocycles. The molecule has 1 aliphatic heterocycles. The molecule has 0 spiro atoms. The SMILES string of the molecule is CCC(CC)NCCN1CCN(C)CC1C. The molecule has 0 saturated carbocycles. The summed E-state index contributed by atoms with van der Waals surface area (Å²) in [5.74, 6) is 0. The Balaban J connectivity index is 2.17. The van der Waals surface area contributed by atoms with Crippen molar-refractivity contribution in [2.24, 2.45) is 0 Å². The van der Waals surface area contributed by atoms with Crippen molar-refractivity contribution < 1.29 is 0 Å². The highest BCUT2D eigenvalue weighted by atomic mass is 15.3. The first-order chi connectivity index (χ1) is 7.67. The molecule has 0 aromatic heterocycles. The summed E-state index contributed by atoms with van der Waals surface area (Å²) in [5, 5.41) is 3.64. The normalized spacial score (nSPS) is 24.2. The van der Waals surface area contributed by atoms with Gasteiger partial charge in [0.15, 0.2) is 0 Å². The van der Waals surface area contributed by atoms with Crippen LogP contribution in [-0.2, 0) is 0 Å². The van der Waals surface area contributed by atoms with E-state index in [-0.39, 0.29) is 0 Å². The molecule has 16 heavy (non-hydrogen) atoms. The third-order valence-electron chi connectivity index (χ3n) is 3.79. The molecule has 1 heterocycles. The predicted octanol–water partition coefficient (Wildman–Crippen LogP) is 1.40. The number of hydrogen-bond acceptors (Lipinski definition) is 3. The third kappa shape index (κ3) is 4.40. The van der Waals surface area contributed by atoms with Crippen molar-refractivity contribution in [3.8, 4) is 0 Å². The van der Waals surface area contributed by atoms with Crippen LogP contribution in [0, 0.1) is 0 Å². The fraction of sp³-hybridized carbons (Fsp3) is 1.00. The van der Waals surface area contributed by atoms with Crippen LogP contribution < -0.4 is 5.32 Å². The van der Waals surface area contributed by atoms with Gasteiger partial charge in [-0.05, 0) is 26.8 Å². The van der Waals surface area contributed by atoms with E-state index < -0.39 is 0 Å². The standard InChI is InChI=1S/C13H29N3/c1-5-13(6-2)14-7-8-16-10-9-15(4)11-12(16)3/h12-14H,5-11H2,1-4H3. The average Bonchev–Trinajstić information content (AvgIpc) is 2.27. The molecule has 0 amide bonds. The highest BCUT2D eigenvalue weighted by molar-refractivity contribution is 4.78. The Hall–Kier alpha value is -0.120. The molecule has 1 N–H and O–H groups in total. The Morgan fingerprint density at radius 3 is 2.50 bits per heavy atom. The summed E-state index contributed by atoms with van der Waals surface area (Å²) in [7, 11) is 2.22. The van der Waals surface area contributed by atoms with E-state index in [4.69, 9.17) is 0 Å². The van der Waals surface area contributed by atoms with E-state index in [9.17, 15) is 0 Å². The Kier molecular flexibility index (Phi) is 6.32. The maximum Gasteiger partial charge on any atom is 0.0195 e. The van der Waals surface area contributed by atoms with Gasteiger partial charge in [0.25, 0.3) is 0 Å². The molecule has 0 aliphatic carbocycles. The lowest BCUT2D eigenvalue weighted by Gasteiger charge is -2.38. The van der Waals surface area contributed by atoms with Gasteiger partial charge in [0.1, 0.15) is 0 Å². The second-order valence-electron chi connectivity index (χ2n) is 5.11. The molecule has 0 aromatic carbocycles. The molecular formula is C13H29N3. The summed E-state index contributed by atoms with van der Waals surface area (Å²) in [5.41, 5.74) is 0. The number of likely N-dealkylation sites (N-methyl/N-ethyl adjacent to an activating group) is 1. The Morgan fingerprint density at radius 2 is 1.94 bits per heavy atom. The minimum Gasteiger partial charge on any atom is -0.313 e. The summed E-state index contributed by atoms with van der Waals surface area (Å²) in [4.78, 5) is 5.03. The van der Waals surface area contributed by atoms with Crippen LogP contribution >= 0.6 is 0 Å². The molecule has 96 valence electrons. The Labute approximate surface area is 101 Å². The van der Waals surface area contributed by atoms with Crippen molar-refractivity contribution in [1.82, 2.24) is 15.1 Å². The van der Waals surface area contributed by atoms with Gasteiger partial charge >= 0.3 is 0 Å². The lowest BCUT2D eigenvalue weighted by atomic mass is 10.1. The Morgan fingerprint density at radius 1 is 1.25 bits per heavy atom. The molecule has 1 fully saturated rings. The summed E-state index contributed by atoms with van der Waals surface area (Å²) in [6.07, 6.45) is 2.49. The summed E-state index contributed by atoms with van der Waals surface area (Å²) in [6.45, 7) is 12.9. The third-order valence-corrected chi connectivity index (χ3v) is 3.79. The maximum absolute atomic E-state index is 3.64. The van der Waals surface area contributed by atoms with Gasteiger partial charge in [0, 0.05) is 44.8 Å². The van der Waals surface area contributed by atoms with Gasteiger partial charge in [-0.1, -0.05) is 13.8 Å². The van der Waals surface area contributed by atoms with Crippen molar-refractivity contribution in [3.63, 3.8) is 0 Å². The van der Waals surface area contributed by atoms with Crippen LogP contribution in [0.3, 0.4) is 0 Å². The zero-order valence-corrected chi connectivity index (χ0v) is 11.5. The van der Waals surface area contributed by atoms with E-state index in [1.54, 1.807) is 0 Å². The monoisotopic (exact) mass is 227 g/mol. The lowest BCUT2D eigenvalue weighted by molar-refractivity contribution is 0.100. The van der Waals surface area contributed by atoms with Crippen molar-refractivity contribution in [2.75, 3.05) is 39.8 Å². The first kappa shape index (κ1) is 13.9. The number of nitrogens with one attached hydrogen (secondary N) is 1. The van der Waals surface area contributed by atoms with Gasteiger partial charge in [-0.25, -0.2) is 0 Å². The second-order valence-corrected chi connectivity index (χ2v) is 5.11. The smallest absolute Gasteiger partial charge is 0.0195 e. The van der Waals surface area contributed by atoms with Crippen LogP contribution in [-0.4, -0.2) is 61.7 Å². The summed E-state index contributed by atoms with van der Waals surface area (Å²) in [6, 6.07) is 1.42. The summed E-state index contributed by atoms with van der Waals surface area (Å²) < 4.78 is 0. The minimum absolute atomic E-state index is 0.710. The van der Waals surface area contributed by atoms with Gasteiger partial charge in [0.05, 0.1) is 0 Å². The van der Waals surface area contributed by atoms with E-state index in [1.807, 2.05) is 0 Å². The molecule has 0 radical (unpaired) electrons. The molecule has 1 atom stereocenters. The van der Waals surface area contributed by atoms with Gasteiger partial charge in [-0.15, -0.1) is 0 Å². The van der Waals surface area contributed by atoms with E-state index in [1.165, 1.54) is 39.0 Å². The molecular weight excluding hydrogens is 198 g/mol. The van der Waals surface area contributed by atoms with Gasteiger partial charge in [0.2, 0.25) is 0 Å². The topological polar surface area (TPSA) is 18.5 Å². The number of rotatable bonds is 6. The van der Waals surface area contributed by atoms with Crippen molar-refractivity contribution in [3.05, 3.63) is 0 Å². The molecule has 3 nitrogen and oxygen atoms in total. The van der Waals surface area contributed by atoms with Gasteiger partial charge in [-0.3, -0.25) is 4.90 Å². The van der Waals surface area contributed by atoms with Crippen LogP contribution in [0.15, 0.2) is 0 Å². The first-order valence-corrected chi connectivity index (χ1v) is 6.83. The maximum atomic E-state index is 3.64. The van der Waals surface area contributed by atoms with Crippen LogP contribution in [0.1, 0.15) is 33.6 Å². The predicted molar refractivity (Wildman–Crippen MR) is 70.9 cm³/mol. The minimum atomic E-state index is 0.710. The quantitative estimate of drug-likeness (QED) is 0.740. The number of piperazine rings is 1. The second kappa shape index (κ2) is 7.25. The fourth-order valence-corrected chi connectivity index (χ4v) is 2.50. The van der Waals surface area contributed by atoms with E-state index in [0.717, 1.165) is 6.54 Å². The molecule has 1 rings (SSSR count). The van der Waals surface area contributed by atoms with E-state index >= 15 is 0 Å². The molecule has 1 aliphatic rings. The Bertz CT molecular complexity index is 180. The van der Waals surface area contributed by atoms with Gasteiger partial charge < -0.3 is 10.2 Å². The van der Waals surface area contributed by atoms with Crippen molar-refractivity contribution >= 4 is 0 Å². The lowest BCUT2D eigenvalue weighted by Crippen LogP contribution is -2.52. The first-order valence-electron chi connectivity index (χ1n) is 6.83.